The number of hydrogen-bond acceptors (Lipinski definition) is 0. The number of halogens is 4. The molecular weight excluding hydrogens is 281 g/mol. The van der Waals surface area contributed by atoms with E-state index in [-0.39, 0.29) is 11.5 Å². The van der Waals surface area contributed by atoms with Crippen LogP contribution >= 0.6 is 15.9 Å². The van der Waals surface area contributed by atoms with Gasteiger partial charge in [-0.1, -0.05) is 42.6 Å². The molecule has 0 saturated carbocycles. The second kappa shape index (κ2) is 5.71. The summed E-state index contributed by atoms with van der Waals surface area (Å²) >= 11 is 3.30. The van der Waals surface area contributed by atoms with Gasteiger partial charge in [-0.3, -0.25) is 0 Å². The molecule has 0 N–H and O–H groups in total. The number of rotatable bonds is 4. The van der Waals surface area contributed by atoms with Crippen molar-refractivity contribution in [1.29, 1.82) is 0 Å². The maximum atomic E-state index is 13.5. The highest BCUT2D eigenvalue weighted by Crippen LogP contribution is 2.37. The Morgan fingerprint density at radius 2 is 1.50 bits per heavy atom. The molecule has 0 amide bonds. The van der Waals surface area contributed by atoms with E-state index < -0.39 is 22.3 Å². The number of hydrogen-bond donors (Lipinski definition) is 0. The third kappa shape index (κ3) is 2.78. The first-order valence-electron chi connectivity index (χ1n) is 5.29. The summed E-state index contributed by atoms with van der Waals surface area (Å²) in [7, 11) is 0. The minimum absolute atomic E-state index is 0.0740. The summed E-state index contributed by atoms with van der Waals surface area (Å²) in [4.78, 5) is -0.414. The molecule has 1 rings (SSSR count). The summed E-state index contributed by atoms with van der Waals surface area (Å²) in [6.07, 6.45) is 1.62. The van der Waals surface area contributed by atoms with E-state index >= 15 is 0 Å². The smallest absolute Gasteiger partial charge is 0.133 e. The Balaban J connectivity index is 3.12. The number of benzene rings is 1. The van der Waals surface area contributed by atoms with Crippen LogP contribution in [0.2, 0.25) is 0 Å². The second-order valence-corrected chi connectivity index (χ2v) is 4.75. The topological polar surface area (TPSA) is 0 Å². The molecule has 0 radical (unpaired) electrons. The lowest BCUT2D eigenvalue weighted by atomic mass is 9.94. The predicted octanol–water partition coefficient (Wildman–Crippen LogP) is 4.98. The third-order valence-corrected chi connectivity index (χ3v) is 3.99. The Labute approximate surface area is 102 Å². The lowest BCUT2D eigenvalue weighted by Crippen LogP contribution is -2.10. The summed E-state index contributed by atoms with van der Waals surface area (Å²) in [6.45, 7) is 3.92. The van der Waals surface area contributed by atoms with Crippen LogP contribution in [0.1, 0.15) is 37.1 Å². The average Bonchev–Trinajstić information content (AvgIpc) is 2.17. The normalized spacial score (nSPS) is 13.2. The zero-order valence-corrected chi connectivity index (χ0v) is 10.8. The van der Waals surface area contributed by atoms with E-state index in [0.29, 0.717) is 0 Å². The molecule has 0 aliphatic rings. The zero-order chi connectivity index (χ0) is 12.3. The SMILES string of the molecule is CCC(CC)C(Br)c1c(F)cc(F)cc1F. The van der Waals surface area contributed by atoms with E-state index in [0.717, 1.165) is 25.0 Å². The largest absolute Gasteiger partial charge is 0.207 e. The fourth-order valence-corrected chi connectivity index (χ4v) is 2.94. The lowest BCUT2D eigenvalue weighted by Gasteiger charge is -2.20. The van der Waals surface area contributed by atoms with Crippen molar-refractivity contribution < 1.29 is 13.2 Å². The molecule has 0 saturated heterocycles. The van der Waals surface area contributed by atoms with Gasteiger partial charge in [0.25, 0.3) is 0 Å². The molecule has 1 unspecified atom stereocenters. The predicted molar refractivity (Wildman–Crippen MR) is 62.1 cm³/mol. The van der Waals surface area contributed by atoms with Crippen LogP contribution in [0.4, 0.5) is 13.2 Å². The highest BCUT2D eigenvalue weighted by Gasteiger charge is 2.24. The van der Waals surface area contributed by atoms with Crippen LogP contribution in [0.5, 0.6) is 0 Å². The van der Waals surface area contributed by atoms with Crippen molar-refractivity contribution in [3.8, 4) is 0 Å². The third-order valence-electron chi connectivity index (χ3n) is 2.78. The summed E-state index contributed by atoms with van der Waals surface area (Å²) in [5.74, 6) is -2.41. The first-order valence-corrected chi connectivity index (χ1v) is 6.21. The van der Waals surface area contributed by atoms with Crippen molar-refractivity contribution >= 4 is 15.9 Å². The maximum Gasteiger partial charge on any atom is 0.133 e. The standard InChI is InChI=1S/C12H14BrF3/c1-3-7(4-2)12(13)11-9(15)5-8(14)6-10(11)16/h5-7,12H,3-4H2,1-2H3. The fourth-order valence-electron chi connectivity index (χ4n) is 1.76. The molecule has 0 aliphatic heterocycles. The molecule has 0 aliphatic carbocycles. The first-order chi connectivity index (χ1) is 7.51. The molecule has 0 fully saturated rings. The summed E-state index contributed by atoms with van der Waals surface area (Å²) in [5.41, 5.74) is -0.0740. The molecule has 0 heterocycles. The quantitative estimate of drug-likeness (QED) is 0.687. The van der Waals surface area contributed by atoms with Crippen molar-refractivity contribution in [1.82, 2.24) is 0 Å². The van der Waals surface area contributed by atoms with Crippen LogP contribution < -0.4 is 0 Å². The molecule has 16 heavy (non-hydrogen) atoms. The molecule has 0 aromatic heterocycles. The van der Waals surface area contributed by atoms with Gasteiger partial charge in [-0.2, -0.15) is 0 Å². The van der Waals surface area contributed by atoms with Gasteiger partial charge in [-0.25, -0.2) is 13.2 Å². The van der Waals surface area contributed by atoms with Crippen LogP contribution in [0, 0.1) is 23.4 Å². The monoisotopic (exact) mass is 294 g/mol. The summed E-state index contributed by atoms with van der Waals surface area (Å²) in [5, 5.41) is 0. The Hall–Kier alpha value is -0.510. The van der Waals surface area contributed by atoms with Gasteiger partial charge in [0, 0.05) is 22.5 Å². The van der Waals surface area contributed by atoms with Crippen LogP contribution in [0.25, 0.3) is 0 Å². The molecule has 1 aromatic rings. The Morgan fingerprint density at radius 3 is 1.88 bits per heavy atom. The van der Waals surface area contributed by atoms with Crippen molar-refractivity contribution in [2.45, 2.75) is 31.5 Å². The van der Waals surface area contributed by atoms with Crippen LogP contribution in [0.15, 0.2) is 12.1 Å². The van der Waals surface area contributed by atoms with E-state index in [1.54, 1.807) is 0 Å². The van der Waals surface area contributed by atoms with E-state index in [1.807, 2.05) is 13.8 Å². The average molecular weight is 295 g/mol. The van der Waals surface area contributed by atoms with E-state index in [1.165, 1.54) is 0 Å². The van der Waals surface area contributed by atoms with Gasteiger partial charge in [0.05, 0.1) is 0 Å². The summed E-state index contributed by atoms with van der Waals surface area (Å²) < 4.78 is 39.7. The van der Waals surface area contributed by atoms with Gasteiger partial charge in [0.15, 0.2) is 0 Å². The van der Waals surface area contributed by atoms with Crippen molar-refractivity contribution in [3.63, 3.8) is 0 Å². The van der Waals surface area contributed by atoms with Crippen molar-refractivity contribution in [3.05, 3.63) is 35.1 Å². The minimum atomic E-state index is -0.886. The van der Waals surface area contributed by atoms with E-state index in [2.05, 4.69) is 15.9 Å². The molecule has 0 bridgehead atoms. The molecule has 1 atom stereocenters. The van der Waals surface area contributed by atoms with Gasteiger partial charge in [-0.05, 0) is 5.92 Å². The molecule has 0 spiro atoms. The van der Waals surface area contributed by atoms with Crippen molar-refractivity contribution in [2.75, 3.05) is 0 Å². The zero-order valence-electron chi connectivity index (χ0n) is 9.24. The molecule has 1 aromatic carbocycles. The van der Waals surface area contributed by atoms with Crippen LogP contribution in [0.3, 0.4) is 0 Å². The van der Waals surface area contributed by atoms with Gasteiger partial charge in [0.1, 0.15) is 17.5 Å². The van der Waals surface area contributed by atoms with Gasteiger partial charge < -0.3 is 0 Å². The molecule has 4 heteroatoms. The van der Waals surface area contributed by atoms with E-state index in [4.69, 9.17) is 0 Å². The Bertz CT molecular complexity index is 338. The molecule has 90 valence electrons. The van der Waals surface area contributed by atoms with Crippen LogP contribution in [-0.4, -0.2) is 0 Å². The highest BCUT2D eigenvalue weighted by atomic mass is 79.9. The minimum Gasteiger partial charge on any atom is -0.207 e. The Morgan fingerprint density at radius 1 is 1.06 bits per heavy atom. The Kier molecular flexibility index (Phi) is 4.84. The first kappa shape index (κ1) is 13.6. The molecule has 0 nitrogen and oxygen atoms in total. The van der Waals surface area contributed by atoms with Gasteiger partial charge in [0.2, 0.25) is 0 Å². The molecular formula is C12H14BrF3. The fraction of sp³-hybridized carbons (Fsp3) is 0.500. The van der Waals surface area contributed by atoms with E-state index in [9.17, 15) is 13.2 Å². The number of alkyl halides is 1. The maximum absolute atomic E-state index is 13.5. The van der Waals surface area contributed by atoms with Gasteiger partial charge >= 0.3 is 0 Å². The highest BCUT2D eigenvalue weighted by molar-refractivity contribution is 9.09. The van der Waals surface area contributed by atoms with Crippen LogP contribution in [-0.2, 0) is 0 Å². The summed E-state index contributed by atoms with van der Waals surface area (Å²) in [6, 6.07) is 1.43. The second-order valence-electron chi connectivity index (χ2n) is 3.76. The van der Waals surface area contributed by atoms with Crippen molar-refractivity contribution in [2.24, 2.45) is 5.92 Å². The van der Waals surface area contributed by atoms with Gasteiger partial charge in [-0.15, -0.1) is 0 Å². The lowest BCUT2D eigenvalue weighted by molar-refractivity contribution is 0.449.